The van der Waals surface area contributed by atoms with Crippen LogP contribution in [0.15, 0.2) is 18.2 Å². The van der Waals surface area contributed by atoms with Crippen LogP contribution >= 0.6 is 0 Å². The molecule has 0 bridgehead atoms. The molecule has 0 fully saturated rings. The lowest BCUT2D eigenvalue weighted by Crippen LogP contribution is -2.28. The fourth-order valence-corrected chi connectivity index (χ4v) is 1.76. The topological polar surface area (TPSA) is 82.8 Å². The zero-order valence-electron chi connectivity index (χ0n) is 12.8. The molecular weight excluding hydrogens is 272 g/mol. The van der Waals surface area contributed by atoms with Crippen molar-refractivity contribution in [1.82, 2.24) is 0 Å². The summed E-state index contributed by atoms with van der Waals surface area (Å²) < 4.78 is 15.7. The van der Waals surface area contributed by atoms with Gasteiger partial charge in [0.15, 0.2) is 0 Å². The van der Waals surface area contributed by atoms with E-state index in [0.29, 0.717) is 31.2 Å². The highest BCUT2D eigenvalue weighted by Crippen LogP contribution is 2.26. The molecular formula is C15H24N2O4. The predicted octanol–water partition coefficient (Wildman–Crippen LogP) is 1.32. The molecule has 0 aliphatic rings. The van der Waals surface area contributed by atoms with Crippen molar-refractivity contribution in [2.75, 3.05) is 39.3 Å². The van der Waals surface area contributed by atoms with Crippen molar-refractivity contribution >= 4 is 11.6 Å². The summed E-state index contributed by atoms with van der Waals surface area (Å²) in [6, 6.07) is 5.61. The average molecular weight is 296 g/mol. The molecule has 1 rings (SSSR count). The summed E-state index contributed by atoms with van der Waals surface area (Å²) in [5, 5.41) is 2.82. The molecule has 1 atom stereocenters. The van der Waals surface area contributed by atoms with Gasteiger partial charge < -0.3 is 25.3 Å². The molecule has 21 heavy (non-hydrogen) atoms. The van der Waals surface area contributed by atoms with Crippen molar-refractivity contribution in [2.45, 2.75) is 19.4 Å². The van der Waals surface area contributed by atoms with Gasteiger partial charge in [-0.05, 0) is 24.6 Å². The number of carbonyl (C=O) groups excluding carboxylic acids is 1. The van der Waals surface area contributed by atoms with Gasteiger partial charge in [0, 0.05) is 20.8 Å². The average Bonchev–Trinajstić information content (AvgIpc) is 2.47. The Balaban J connectivity index is 2.70. The third kappa shape index (κ3) is 6.12. The second-order valence-corrected chi connectivity index (χ2v) is 4.69. The van der Waals surface area contributed by atoms with E-state index in [1.807, 2.05) is 25.1 Å². The highest BCUT2D eigenvalue weighted by molar-refractivity contribution is 5.92. The standard InChI is InChI=1S/C15H24N2O4/c1-11-4-5-13(14(8-11)21-7-6-19-2)17-15(18)9-12(10-16)20-3/h4-5,8,12H,6-7,9-10,16H2,1-3H3,(H,17,18). The first-order chi connectivity index (χ1) is 10.1. The quantitative estimate of drug-likeness (QED) is 0.672. The van der Waals surface area contributed by atoms with Gasteiger partial charge in [-0.3, -0.25) is 4.79 Å². The molecule has 0 spiro atoms. The van der Waals surface area contributed by atoms with Gasteiger partial charge >= 0.3 is 0 Å². The Labute approximate surface area is 125 Å². The number of aryl methyl sites for hydroxylation is 1. The first-order valence-corrected chi connectivity index (χ1v) is 6.85. The van der Waals surface area contributed by atoms with E-state index < -0.39 is 0 Å². The van der Waals surface area contributed by atoms with E-state index in [2.05, 4.69) is 5.32 Å². The van der Waals surface area contributed by atoms with E-state index in [1.54, 1.807) is 7.11 Å². The second-order valence-electron chi connectivity index (χ2n) is 4.69. The smallest absolute Gasteiger partial charge is 0.227 e. The third-order valence-electron chi connectivity index (χ3n) is 2.97. The number of benzene rings is 1. The SMILES string of the molecule is COCCOc1cc(C)ccc1NC(=O)CC(CN)OC. The Kier molecular flexibility index (Phi) is 7.74. The molecule has 6 nitrogen and oxygen atoms in total. The number of ether oxygens (including phenoxy) is 3. The molecule has 0 aliphatic carbocycles. The van der Waals surface area contributed by atoms with Gasteiger partial charge in [-0.25, -0.2) is 0 Å². The minimum Gasteiger partial charge on any atom is -0.489 e. The van der Waals surface area contributed by atoms with Crippen LogP contribution in [0, 0.1) is 6.92 Å². The van der Waals surface area contributed by atoms with Crippen LogP contribution in [0.1, 0.15) is 12.0 Å². The van der Waals surface area contributed by atoms with E-state index >= 15 is 0 Å². The number of rotatable bonds is 9. The summed E-state index contributed by atoms with van der Waals surface area (Å²) in [4.78, 5) is 12.0. The highest BCUT2D eigenvalue weighted by atomic mass is 16.5. The largest absolute Gasteiger partial charge is 0.489 e. The first kappa shape index (κ1) is 17.4. The Bertz CT molecular complexity index is 447. The lowest BCUT2D eigenvalue weighted by Gasteiger charge is -2.15. The van der Waals surface area contributed by atoms with Gasteiger partial charge in [-0.1, -0.05) is 6.07 Å². The first-order valence-electron chi connectivity index (χ1n) is 6.85. The number of nitrogens with one attached hydrogen (secondary N) is 1. The Morgan fingerprint density at radius 1 is 1.33 bits per heavy atom. The molecule has 118 valence electrons. The molecule has 1 unspecified atom stereocenters. The van der Waals surface area contributed by atoms with E-state index in [-0.39, 0.29) is 18.4 Å². The molecule has 1 aromatic rings. The zero-order chi connectivity index (χ0) is 15.7. The number of amides is 1. The van der Waals surface area contributed by atoms with Gasteiger partial charge in [0.05, 0.1) is 24.8 Å². The molecule has 0 heterocycles. The van der Waals surface area contributed by atoms with Crippen LogP contribution in [0.2, 0.25) is 0 Å². The van der Waals surface area contributed by atoms with Crippen LogP contribution in [-0.4, -0.2) is 46.0 Å². The number of methoxy groups -OCH3 is 2. The normalized spacial score (nSPS) is 12.0. The minimum absolute atomic E-state index is 0.159. The number of carbonyl (C=O) groups is 1. The van der Waals surface area contributed by atoms with E-state index in [0.717, 1.165) is 5.56 Å². The van der Waals surface area contributed by atoms with Crippen LogP contribution in [-0.2, 0) is 14.3 Å². The summed E-state index contributed by atoms with van der Waals surface area (Å²) in [6.07, 6.45) is -0.0772. The van der Waals surface area contributed by atoms with E-state index in [9.17, 15) is 4.79 Å². The minimum atomic E-state index is -0.284. The molecule has 1 amide bonds. The van der Waals surface area contributed by atoms with Gasteiger partial charge in [-0.15, -0.1) is 0 Å². The Morgan fingerprint density at radius 3 is 2.71 bits per heavy atom. The molecule has 0 saturated heterocycles. The van der Waals surface area contributed by atoms with Crippen LogP contribution in [0.4, 0.5) is 5.69 Å². The summed E-state index contributed by atoms with van der Waals surface area (Å²) in [7, 11) is 3.15. The van der Waals surface area contributed by atoms with Gasteiger partial charge in [0.25, 0.3) is 0 Å². The second kappa shape index (κ2) is 9.33. The van der Waals surface area contributed by atoms with Crippen molar-refractivity contribution in [1.29, 1.82) is 0 Å². The Hall–Kier alpha value is -1.63. The molecule has 0 radical (unpaired) electrons. The van der Waals surface area contributed by atoms with Crippen molar-refractivity contribution in [3.63, 3.8) is 0 Å². The third-order valence-corrected chi connectivity index (χ3v) is 2.97. The molecule has 1 aromatic carbocycles. The number of nitrogens with two attached hydrogens (primary N) is 1. The van der Waals surface area contributed by atoms with Crippen molar-refractivity contribution < 1.29 is 19.0 Å². The van der Waals surface area contributed by atoms with Crippen LogP contribution < -0.4 is 15.8 Å². The molecule has 0 aliphatic heterocycles. The summed E-state index contributed by atoms with van der Waals surface area (Å²) >= 11 is 0. The van der Waals surface area contributed by atoms with E-state index in [1.165, 1.54) is 7.11 Å². The highest BCUT2D eigenvalue weighted by Gasteiger charge is 2.13. The zero-order valence-corrected chi connectivity index (χ0v) is 12.8. The summed E-state index contributed by atoms with van der Waals surface area (Å²) in [6.45, 7) is 3.17. The molecule has 0 saturated carbocycles. The molecule has 3 N–H and O–H groups in total. The number of hydrogen-bond acceptors (Lipinski definition) is 5. The molecule has 0 aromatic heterocycles. The van der Waals surface area contributed by atoms with Crippen molar-refractivity contribution in [2.24, 2.45) is 5.73 Å². The van der Waals surface area contributed by atoms with Crippen molar-refractivity contribution in [3.05, 3.63) is 23.8 Å². The van der Waals surface area contributed by atoms with Crippen LogP contribution in [0.25, 0.3) is 0 Å². The Morgan fingerprint density at radius 2 is 2.10 bits per heavy atom. The van der Waals surface area contributed by atoms with Crippen molar-refractivity contribution in [3.8, 4) is 5.75 Å². The van der Waals surface area contributed by atoms with Gasteiger partial charge in [-0.2, -0.15) is 0 Å². The van der Waals surface area contributed by atoms with Gasteiger partial charge in [0.1, 0.15) is 12.4 Å². The molecule has 6 heteroatoms. The van der Waals surface area contributed by atoms with Gasteiger partial charge in [0.2, 0.25) is 5.91 Å². The number of anilines is 1. The maximum Gasteiger partial charge on any atom is 0.227 e. The van der Waals surface area contributed by atoms with Crippen LogP contribution in [0.3, 0.4) is 0 Å². The maximum absolute atomic E-state index is 12.0. The summed E-state index contributed by atoms with van der Waals surface area (Å²) in [5.74, 6) is 0.467. The van der Waals surface area contributed by atoms with E-state index in [4.69, 9.17) is 19.9 Å². The fourth-order valence-electron chi connectivity index (χ4n) is 1.76. The lowest BCUT2D eigenvalue weighted by atomic mass is 10.2. The summed E-state index contributed by atoms with van der Waals surface area (Å²) in [5.41, 5.74) is 7.20. The van der Waals surface area contributed by atoms with Crippen LogP contribution in [0.5, 0.6) is 5.75 Å². The predicted molar refractivity (Wildman–Crippen MR) is 81.6 cm³/mol. The lowest BCUT2D eigenvalue weighted by molar-refractivity contribution is -0.118. The maximum atomic E-state index is 12.0. The monoisotopic (exact) mass is 296 g/mol. The fraction of sp³-hybridized carbons (Fsp3) is 0.533. The number of hydrogen-bond donors (Lipinski definition) is 2.